The number of fused-ring (bicyclic) bond motifs is 1. The summed E-state index contributed by atoms with van der Waals surface area (Å²) in [7, 11) is 0. The second kappa shape index (κ2) is 6.97. The van der Waals surface area contributed by atoms with Crippen molar-refractivity contribution in [3.8, 4) is 11.5 Å². The highest BCUT2D eigenvalue weighted by Crippen LogP contribution is 2.50. The van der Waals surface area contributed by atoms with Crippen molar-refractivity contribution in [1.29, 1.82) is 0 Å². The largest absolute Gasteiger partial charge is 0.586 e. The Morgan fingerprint density at radius 3 is 2.43 bits per heavy atom. The molecular weight excluding hydrogens is 413 g/mol. The number of rotatable bonds is 5. The Labute approximate surface area is 169 Å². The van der Waals surface area contributed by atoms with Crippen molar-refractivity contribution >= 4 is 29.2 Å². The third kappa shape index (κ3) is 3.69. The van der Waals surface area contributed by atoms with Gasteiger partial charge >= 0.3 is 12.3 Å². The Hall–Kier alpha value is -2.25. The molecule has 28 heavy (non-hydrogen) atoms. The molecule has 1 aliphatic heterocycles. The summed E-state index contributed by atoms with van der Waals surface area (Å²) >= 11 is 12.5. The van der Waals surface area contributed by atoms with Crippen LogP contribution in [0.1, 0.15) is 24.0 Å². The van der Waals surface area contributed by atoms with Crippen molar-refractivity contribution in [2.24, 2.45) is 0 Å². The van der Waals surface area contributed by atoms with Crippen LogP contribution in [0.2, 0.25) is 10.0 Å². The highest BCUT2D eigenvalue weighted by molar-refractivity contribution is 6.36. The predicted octanol–water partition coefficient (Wildman–Crippen LogP) is 4.85. The summed E-state index contributed by atoms with van der Waals surface area (Å²) in [4.78, 5) is 12.3. The van der Waals surface area contributed by atoms with Gasteiger partial charge in [-0.25, -0.2) is 4.79 Å². The zero-order valence-electron chi connectivity index (χ0n) is 14.5. The van der Waals surface area contributed by atoms with E-state index in [9.17, 15) is 13.6 Å². The predicted molar refractivity (Wildman–Crippen MR) is 100 cm³/mol. The molecular formula is C19H16Cl2F2N2O3. The van der Waals surface area contributed by atoms with Crippen LogP contribution < -0.4 is 20.1 Å². The van der Waals surface area contributed by atoms with Crippen molar-refractivity contribution in [2.45, 2.75) is 31.1 Å². The number of alkyl halides is 2. The van der Waals surface area contributed by atoms with Crippen molar-refractivity contribution < 1.29 is 23.0 Å². The Kier molecular flexibility index (Phi) is 4.75. The van der Waals surface area contributed by atoms with Crippen molar-refractivity contribution in [3.05, 3.63) is 57.6 Å². The summed E-state index contributed by atoms with van der Waals surface area (Å²) < 4.78 is 35.5. The maximum Gasteiger partial charge on any atom is 0.586 e. The van der Waals surface area contributed by atoms with Gasteiger partial charge in [-0.1, -0.05) is 41.4 Å². The summed E-state index contributed by atoms with van der Waals surface area (Å²) in [5.41, 5.74) is 0.652. The van der Waals surface area contributed by atoms with E-state index in [0.29, 0.717) is 27.6 Å². The minimum absolute atomic E-state index is 0.00350. The molecule has 5 nitrogen and oxygen atoms in total. The number of benzene rings is 2. The van der Waals surface area contributed by atoms with Crippen molar-refractivity contribution in [1.82, 2.24) is 10.6 Å². The van der Waals surface area contributed by atoms with E-state index >= 15 is 0 Å². The van der Waals surface area contributed by atoms with Gasteiger partial charge in [0.05, 0.1) is 5.54 Å². The van der Waals surface area contributed by atoms with E-state index in [1.165, 1.54) is 6.07 Å². The number of hydrogen-bond acceptors (Lipinski definition) is 3. The van der Waals surface area contributed by atoms with Crippen LogP contribution in [0.3, 0.4) is 0 Å². The average molecular weight is 429 g/mol. The molecule has 0 saturated heterocycles. The lowest BCUT2D eigenvalue weighted by Gasteiger charge is -2.21. The van der Waals surface area contributed by atoms with Gasteiger partial charge in [0.15, 0.2) is 11.5 Å². The highest BCUT2D eigenvalue weighted by atomic mass is 35.5. The fourth-order valence-electron chi connectivity index (χ4n) is 3.31. The molecule has 0 spiro atoms. The Balaban J connectivity index is 1.36. The van der Waals surface area contributed by atoms with Gasteiger partial charge in [0.1, 0.15) is 0 Å². The van der Waals surface area contributed by atoms with Gasteiger partial charge in [0, 0.05) is 27.7 Å². The maximum absolute atomic E-state index is 13.2. The van der Waals surface area contributed by atoms with Crippen LogP contribution in [-0.2, 0) is 12.0 Å². The second-order valence-electron chi connectivity index (χ2n) is 6.72. The quantitative estimate of drug-likeness (QED) is 0.715. The highest BCUT2D eigenvalue weighted by Gasteiger charge is 2.48. The molecule has 4 rings (SSSR count). The molecule has 2 N–H and O–H groups in total. The molecule has 0 radical (unpaired) electrons. The summed E-state index contributed by atoms with van der Waals surface area (Å²) in [6.07, 6.45) is -1.90. The summed E-state index contributed by atoms with van der Waals surface area (Å²) in [6, 6.07) is 9.48. The van der Waals surface area contributed by atoms with Crippen molar-refractivity contribution in [2.75, 3.05) is 6.54 Å². The molecule has 0 bridgehead atoms. The standard InChI is InChI=1S/C19H16Cl2F2N2O3/c20-12-4-2-5-13(21)15(12)18(8-9-18)25-17(26)24-10-7-11-3-1-6-14-16(11)28-19(22,23)27-14/h1-6H,7-10H2,(H2,24,25,26). The third-order valence-corrected chi connectivity index (χ3v) is 5.36. The van der Waals surface area contributed by atoms with E-state index in [4.69, 9.17) is 23.2 Å². The number of ether oxygens (including phenoxy) is 2. The molecule has 1 saturated carbocycles. The Bertz CT molecular complexity index is 915. The van der Waals surface area contributed by atoms with Gasteiger partial charge in [-0.15, -0.1) is 8.78 Å². The first-order chi connectivity index (χ1) is 13.3. The number of amides is 2. The monoisotopic (exact) mass is 428 g/mol. The van der Waals surface area contributed by atoms with E-state index in [1.807, 2.05) is 0 Å². The molecule has 0 unspecified atom stereocenters. The van der Waals surface area contributed by atoms with Gasteiger partial charge in [0.2, 0.25) is 0 Å². The number of nitrogens with one attached hydrogen (secondary N) is 2. The molecule has 0 atom stereocenters. The molecule has 1 heterocycles. The van der Waals surface area contributed by atoms with Crippen LogP contribution >= 0.6 is 23.2 Å². The molecule has 2 aliphatic rings. The van der Waals surface area contributed by atoms with Gasteiger partial charge in [-0.05, 0) is 37.5 Å². The van der Waals surface area contributed by atoms with Crippen LogP contribution in [0.25, 0.3) is 0 Å². The Morgan fingerprint density at radius 2 is 1.75 bits per heavy atom. The summed E-state index contributed by atoms with van der Waals surface area (Å²) in [5, 5.41) is 6.66. The number of carbonyl (C=O) groups excluding carboxylic acids is 1. The van der Waals surface area contributed by atoms with Crippen LogP contribution in [0.4, 0.5) is 13.6 Å². The lowest BCUT2D eigenvalue weighted by Crippen LogP contribution is -2.43. The molecule has 1 fully saturated rings. The molecule has 9 heteroatoms. The SMILES string of the molecule is O=C(NCCc1cccc2c1OC(F)(F)O2)NC1(c2c(Cl)cccc2Cl)CC1. The molecule has 1 aliphatic carbocycles. The van der Waals surface area contributed by atoms with Gasteiger partial charge in [0.25, 0.3) is 0 Å². The van der Waals surface area contributed by atoms with Gasteiger partial charge < -0.3 is 20.1 Å². The number of hydrogen-bond donors (Lipinski definition) is 2. The molecule has 2 amide bonds. The first kappa shape index (κ1) is 19.1. The normalized spacial score (nSPS) is 17.9. The van der Waals surface area contributed by atoms with Crippen LogP contribution in [0.5, 0.6) is 11.5 Å². The van der Waals surface area contributed by atoms with E-state index < -0.39 is 11.8 Å². The van der Waals surface area contributed by atoms with Gasteiger partial charge in [-0.2, -0.15) is 0 Å². The first-order valence-corrected chi connectivity index (χ1v) is 9.43. The van der Waals surface area contributed by atoms with E-state index in [-0.39, 0.29) is 24.1 Å². The molecule has 2 aromatic rings. The molecule has 148 valence electrons. The summed E-state index contributed by atoms with van der Waals surface area (Å²) in [6.45, 7) is 0.226. The fraction of sp³-hybridized carbons (Fsp3) is 0.316. The zero-order valence-corrected chi connectivity index (χ0v) is 16.0. The number of urea groups is 1. The number of carbonyl (C=O) groups is 1. The minimum Gasteiger partial charge on any atom is -0.395 e. The zero-order chi connectivity index (χ0) is 19.9. The van der Waals surface area contributed by atoms with E-state index in [2.05, 4.69) is 20.1 Å². The fourth-order valence-corrected chi connectivity index (χ4v) is 4.07. The summed E-state index contributed by atoms with van der Waals surface area (Å²) in [5.74, 6) is -0.0199. The smallest absolute Gasteiger partial charge is 0.395 e. The van der Waals surface area contributed by atoms with E-state index in [0.717, 1.165) is 12.8 Å². The van der Waals surface area contributed by atoms with Gasteiger partial charge in [-0.3, -0.25) is 0 Å². The third-order valence-electron chi connectivity index (χ3n) is 4.73. The van der Waals surface area contributed by atoms with Crippen LogP contribution in [0, 0.1) is 0 Å². The molecule has 0 aromatic heterocycles. The lowest BCUT2D eigenvalue weighted by molar-refractivity contribution is -0.286. The Morgan fingerprint density at radius 1 is 1.07 bits per heavy atom. The number of halogens is 4. The number of para-hydroxylation sites is 1. The van der Waals surface area contributed by atoms with Crippen LogP contribution in [0.15, 0.2) is 36.4 Å². The van der Waals surface area contributed by atoms with Crippen molar-refractivity contribution in [3.63, 3.8) is 0 Å². The first-order valence-electron chi connectivity index (χ1n) is 8.68. The average Bonchev–Trinajstić information content (AvgIpc) is 3.28. The second-order valence-corrected chi connectivity index (χ2v) is 7.54. The topological polar surface area (TPSA) is 59.6 Å². The van der Waals surface area contributed by atoms with E-state index in [1.54, 1.807) is 30.3 Å². The minimum atomic E-state index is -3.67. The maximum atomic E-state index is 13.2. The molecule has 2 aromatic carbocycles. The lowest BCUT2D eigenvalue weighted by atomic mass is 10.0. The van der Waals surface area contributed by atoms with Crippen LogP contribution in [-0.4, -0.2) is 18.9 Å².